The Morgan fingerprint density at radius 2 is 1.26 bits per heavy atom. The lowest BCUT2D eigenvalue weighted by molar-refractivity contribution is -0.200. The number of hydrogen-bond acceptors (Lipinski definition) is 13. The molecule has 0 saturated carbocycles. The normalized spacial score (nSPS) is 25.3. The van der Waals surface area contributed by atoms with Crippen molar-refractivity contribution in [2.24, 2.45) is 0 Å². The quantitative estimate of drug-likeness (QED) is 0.159. The molecule has 2 aliphatic rings. The monoisotopic (exact) mass is 852 g/mol. The minimum atomic E-state index is -0.769. The highest BCUT2D eigenvalue weighted by Gasteiger charge is 2.40. The fourth-order valence-electron chi connectivity index (χ4n) is 3.29. The van der Waals surface area contributed by atoms with Gasteiger partial charge in [-0.3, -0.25) is 28.8 Å². The van der Waals surface area contributed by atoms with E-state index in [9.17, 15) is 28.8 Å². The van der Waals surface area contributed by atoms with Gasteiger partial charge < -0.3 is 33.2 Å². The number of cyclic esters (lactones) is 1. The fourth-order valence-corrected chi connectivity index (χ4v) is 3.76. The summed E-state index contributed by atoms with van der Waals surface area (Å²) < 4.78 is 35.3. The Kier molecular flexibility index (Phi) is 21.9. The lowest BCUT2D eigenvalue weighted by Crippen LogP contribution is -2.50. The van der Waals surface area contributed by atoms with E-state index in [1.54, 1.807) is 0 Å². The van der Waals surface area contributed by atoms with Crippen molar-refractivity contribution < 1.29 is 61.9 Å². The van der Waals surface area contributed by atoms with Gasteiger partial charge in [-0.05, 0) is 0 Å². The largest absolute Gasteiger partial charge is 0.463 e. The van der Waals surface area contributed by atoms with Gasteiger partial charge in [-0.1, -0.05) is 23.4 Å². The van der Waals surface area contributed by atoms with Gasteiger partial charge in [0.05, 0.1) is 6.61 Å². The second kappa shape index (κ2) is 21.5. The van der Waals surface area contributed by atoms with E-state index in [2.05, 4.69) is 53.2 Å². The number of rotatable bonds is 7. The maximum Gasteiger partial charge on any atom is 0.320 e. The number of esters is 6. The van der Waals surface area contributed by atoms with Crippen molar-refractivity contribution in [2.45, 2.75) is 90.2 Å². The van der Waals surface area contributed by atoms with Crippen molar-refractivity contribution in [2.75, 3.05) is 19.8 Å². The molecule has 39 heavy (non-hydrogen) atoms. The molecule has 0 aromatic carbocycles. The smallest absolute Gasteiger partial charge is 0.320 e. The zero-order valence-electron chi connectivity index (χ0n) is 21.4. The summed E-state index contributed by atoms with van der Waals surface area (Å²) >= 11 is 7.36. The molecule has 2 heterocycles. The van der Waals surface area contributed by atoms with Crippen LogP contribution in [0.3, 0.4) is 0 Å². The maximum atomic E-state index is 11.3. The van der Waals surface area contributed by atoms with E-state index in [-0.39, 0.29) is 20.6 Å². The van der Waals surface area contributed by atoms with Crippen LogP contribution in [0.15, 0.2) is 0 Å². The van der Waals surface area contributed by atoms with Crippen molar-refractivity contribution in [1.29, 1.82) is 0 Å². The number of alkyl halides is 1. The molecule has 6 atom stereocenters. The summed E-state index contributed by atoms with van der Waals surface area (Å²) in [6.07, 6.45) is -2.62. The van der Waals surface area contributed by atoms with Crippen LogP contribution in [0.4, 0.5) is 0 Å². The molecule has 0 aliphatic carbocycles. The van der Waals surface area contributed by atoms with E-state index in [0.29, 0.717) is 19.4 Å². The molecular formula is C23H35BrI2O13. The summed E-state index contributed by atoms with van der Waals surface area (Å²) in [4.78, 5) is 65.3. The van der Waals surface area contributed by atoms with Crippen LogP contribution in [-0.2, 0) is 61.9 Å². The van der Waals surface area contributed by atoms with E-state index >= 15 is 0 Å². The number of hydrogen-bond donors (Lipinski definition) is 0. The van der Waals surface area contributed by atoms with Gasteiger partial charge in [-0.25, -0.2) is 0 Å². The minimum Gasteiger partial charge on any atom is -0.463 e. The zero-order valence-corrected chi connectivity index (χ0v) is 27.3. The summed E-state index contributed by atoms with van der Waals surface area (Å²) in [6, 6.07) is 0. The van der Waals surface area contributed by atoms with Gasteiger partial charge in [0.15, 0.2) is 12.2 Å². The molecule has 0 radical (unpaired) electrons. The Hall–Kier alpha value is -1.28. The molecule has 226 valence electrons. The van der Waals surface area contributed by atoms with E-state index < -0.39 is 71.2 Å². The van der Waals surface area contributed by atoms with Crippen LogP contribution >= 0.6 is 53.2 Å². The summed E-state index contributed by atoms with van der Waals surface area (Å²) in [5.74, 6) is -2.84. The molecule has 2 saturated heterocycles. The predicted octanol–water partition coefficient (Wildman–Crippen LogP) is 3.17. The van der Waals surface area contributed by atoms with Crippen molar-refractivity contribution in [3.05, 3.63) is 0 Å². The van der Waals surface area contributed by atoms with Crippen molar-refractivity contribution in [1.82, 2.24) is 0 Å². The SMILES string of the molecule is C.CC(=O)OCC1OC(=O)C(Br)C[C@@H]1OC(C)=O.CC(=O)OCC1OCC[C@@H](OC(C)=O)[C@H]1OC(C)=O.II. The Labute approximate surface area is 259 Å². The van der Waals surface area contributed by atoms with E-state index in [4.69, 9.17) is 33.2 Å². The Morgan fingerprint density at radius 3 is 1.72 bits per heavy atom. The lowest BCUT2D eigenvalue weighted by atomic mass is 10.0. The predicted molar refractivity (Wildman–Crippen MR) is 156 cm³/mol. The van der Waals surface area contributed by atoms with Crippen molar-refractivity contribution >= 4 is 89.0 Å². The zero-order chi connectivity index (χ0) is 29.4. The molecule has 2 fully saturated rings. The van der Waals surface area contributed by atoms with E-state index in [1.165, 1.54) is 34.6 Å². The molecule has 0 bridgehead atoms. The highest BCUT2D eigenvalue weighted by Crippen LogP contribution is 2.24. The first kappa shape index (κ1) is 39.9. The van der Waals surface area contributed by atoms with Gasteiger partial charge >= 0.3 is 35.8 Å². The van der Waals surface area contributed by atoms with E-state index in [1.807, 2.05) is 0 Å². The van der Waals surface area contributed by atoms with Gasteiger partial charge in [0.2, 0.25) is 0 Å². The summed E-state index contributed by atoms with van der Waals surface area (Å²) in [7, 11) is 0. The molecule has 0 N–H and O–H groups in total. The average Bonchev–Trinajstić information content (AvgIpc) is 2.81. The van der Waals surface area contributed by atoms with Crippen LogP contribution in [0, 0.1) is 0 Å². The number of carbonyl (C=O) groups is 6. The van der Waals surface area contributed by atoms with Gasteiger partial charge in [0, 0.05) is 84.7 Å². The molecule has 16 heteroatoms. The molecule has 0 spiro atoms. The molecule has 3 unspecified atom stereocenters. The number of carbonyl (C=O) groups excluding carboxylic acids is 6. The Bertz CT molecular complexity index is 826. The first-order valence-corrected chi connectivity index (χ1v) is 18.4. The fraction of sp³-hybridized carbons (Fsp3) is 0.739. The third kappa shape index (κ3) is 17.2. The first-order valence-electron chi connectivity index (χ1n) is 11.2. The lowest BCUT2D eigenvalue weighted by Gasteiger charge is -2.36. The van der Waals surface area contributed by atoms with Crippen LogP contribution in [0.2, 0.25) is 0 Å². The molecule has 13 nitrogen and oxygen atoms in total. The molecular weight excluding hydrogens is 818 g/mol. The molecule has 0 amide bonds. The molecule has 2 aliphatic heterocycles. The Balaban J connectivity index is 0. The highest BCUT2D eigenvalue weighted by molar-refractivity contribution is 15.0. The van der Waals surface area contributed by atoms with Crippen molar-refractivity contribution in [3.8, 4) is 0 Å². The first-order chi connectivity index (χ1) is 17.8. The second-order valence-corrected chi connectivity index (χ2v) is 8.96. The minimum absolute atomic E-state index is 0. The molecule has 0 aromatic rings. The number of ether oxygens (including phenoxy) is 7. The topological polar surface area (TPSA) is 167 Å². The third-order valence-electron chi connectivity index (χ3n) is 4.68. The van der Waals surface area contributed by atoms with Gasteiger partial charge in [0.1, 0.15) is 36.4 Å². The summed E-state index contributed by atoms with van der Waals surface area (Å²) in [5.41, 5.74) is 0. The van der Waals surface area contributed by atoms with Gasteiger partial charge in [-0.15, -0.1) is 0 Å². The van der Waals surface area contributed by atoms with Crippen LogP contribution in [0.25, 0.3) is 0 Å². The Morgan fingerprint density at radius 1 is 0.795 bits per heavy atom. The summed E-state index contributed by atoms with van der Waals surface area (Å²) in [5, 5.41) is 0. The van der Waals surface area contributed by atoms with Crippen LogP contribution in [0.1, 0.15) is 54.9 Å². The van der Waals surface area contributed by atoms with Gasteiger partial charge in [0.25, 0.3) is 0 Å². The molecule has 2 rings (SSSR count). The van der Waals surface area contributed by atoms with Crippen LogP contribution in [-0.4, -0.2) is 91.0 Å². The summed E-state index contributed by atoms with van der Waals surface area (Å²) in [6.45, 7) is 6.49. The standard InChI is InChI=1S/C12H18O7.C10H13BrO6.CH4.I2/c1-7(13)17-6-11-12(19-9(3)15)10(4-5-16-11)18-8(2)14;1-5(12)15-4-9-8(16-6(2)13)3-7(11)10(14)17-9;;1-2/h10-12H,4-6H2,1-3H3;7-9H,3-4H2,1-2H3;1H4;/t10-,11?,12-;7?,8-,9?;;/m10../s1. The third-order valence-corrected chi connectivity index (χ3v) is 5.43. The maximum absolute atomic E-state index is 11.3. The van der Waals surface area contributed by atoms with Crippen LogP contribution in [0.5, 0.6) is 0 Å². The average molecular weight is 853 g/mol. The highest BCUT2D eigenvalue weighted by atomic mass is 128. The molecule has 0 aromatic heterocycles. The van der Waals surface area contributed by atoms with Gasteiger partial charge in [-0.2, -0.15) is 0 Å². The number of halogens is 3. The van der Waals surface area contributed by atoms with Crippen LogP contribution < -0.4 is 0 Å². The second-order valence-electron chi connectivity index (χ2n) is 7.85. The van der Waals surface area contributed by atoms with E-state index in [0.717, 1.165) is 0 Å². The van der Waals surface area contributed by atoms with Crippen molar-refractivity contribution in [3.63, 3.8) is 0 Å².